The van der Waals surface area contributed by atoms with E-state index in [4.69, 9.17) is 0 Å². The molecule has 1 amide bonds. The quantitative estimate of drug-likeness (QED) is 0.927. The van der Waals surface area contributed by atoms with Crippen molar-refractivity contribution in [3.63, 3.8) is 0 Å². The van der Waals surface area contributed by atoms with E-state index in [0.29, 0.717) is 11.1 Å². The Labute approximate surface area is 128 Å². The number of nitrogens with one attached hydrogen (secondary N) is 1. The number of nitrogens with zero attached hydrogens (tertiary/aromatic N) is 1. The summed E-state index contributed by atoms with van der Waals surface area (Å²) < 4.78 is 26.4. The van der Waals surface area contributed by atoms with Gasteiger partial charge in [0.2, 0.25) is 0 Å². The van der Waals surface area contributed by atoms with E-state index in [9.17, 15) is 13.6 Å². The van der Waals surface area contributed by atoms with E-state index in [0.717, 1.165) is 12.5 Å². The predicted molar refractivity (Wildman–Crippen MR) is 81.8 cm³/mol. The van der Waals surface area contributed by atoms with E-state index in [1.165, 1.54) is 18.3 Å². The van der Waals surface area contributed by atoms with Gasteiger partial charge in [0.25, 0.3) is 11.8 Å². The number of pyridine rings is 1. The van der Waals surface area contributed by atoms with Gasteiger partial charge in [0, 0.05) is 36.5 Å². The van der Waals surface area contributed by atoms with Crippen molar-refractivity contribution in [1.82, 2.24) is 10.3 Å². The second kappa shape index (κ2) is 6.22. The molecular formula is C17H18F2N2O. The molecule has 1 heterocycles. The molecular weight excluding hydrogens is 286 g/mol. The summed E-state index contributed by atoms with van der Waals surface area (Å²) in [5.74, 6) is -3.07. The average molecular weight is 304 g/mol. The molecule has 0 atom stereocenters. The number of halogens is 2. The molecule has 0 aliphatic heterocycles. The van der Waals surface area contributed by atoms with E-state index in [-0.39, 0.29) is 17.5 Å². The van der Waals surface area contributed by atoms with E-state index in [1.807, 2.05) is 13.8 Å². The Morgan fingerprint density at radius 2 is 1.77 bits per heavy atom. The Morgan fingerprint density at radius 1 is 1.14 bits per heavy atom. The molecule has 116 valence electrons. The highest BCUT2D eigenvalue weighted by Gasteiger charge is 2.23. The Hall–Kier alpha value is -2.30. The van der Waals surface area contributed by atoms with Crippen LogP contribution in [-0.4, -0.2) is 16.9 Å². The minimum absolute atomic E-state index is 0.0298. The van der Waals surface area contributed by atoms with Crippen molar-refractivity contribution in [2.75, 3.05) is 0 Å². The fourth-order valence-electron chi connectivity index (χ4n) is 2.02. The smallest absolute Gasteiger partial charge is 0.270 e. The van der Waals surface area contributed by atoms with Gasteiger partial charge in [-0.2, -0.15) is 0 Å². The van der Waals surface area contributed by atoms with Crippen molar-refractivity contribution in [2.24, 2.45) is 0 Å². The molecule has 2 rings (SSSR count). The SMILES string of the molecule is CC(C)NC(=O)c1cncc(-c2ccc(C(C)(F)F)cc2)c1. The van der Waals surface area contributed by atoms with Crippen molar-refractivity contribution < 1.29 is 13.6 Å². The molecule has 1 aromatic carbocycles. The summed E-state index contributed by atoms with van der Waals surface area (Å²) in [6, 6.07) is 7.71. The van der Waals surface area contributed by atoms with Crippen LogP contribution in [0, 0.1) is 0 Å². The summed E-state index contributed by atoms with van der Waals surface area (Å²) in [6.45, 7) is 4.61. The average Bonchev–Trinajstić information content (AvgIpc) is 2.46. The molecule has 0 saturated heterocycles. The lowest BCUT2D eigenvalue weighted by Gasteiger charge is -2.12. The molecule has 1 N–H and O–H groups in total. The second-order valence-electron chi connectivity index (χ2n) is 5.56. The number of carbonyl (C=O) groups is 1. The minimum atomic E-state index is -2.87. The number of amides is 1. The van der Waals surface area contributed by atoms with Gasteiger partial charge in [-0.15, -0.1) is 0 Å². The summed E-state index contributed by atoms with van der Waals surface area (Å²) in [7, 11) is 0. The summed E-state index contributed by atoms with van der Waals surface area (Å²) in [6.07, 6.45) is 3.08. The lowest BCUT2D eigenvalue weighted by Crippen LogP contribution is -2.30. The van der Waals surface area contributed by atoms with Crippen LogP contribution in [0.2, 0.25) is 0 Å². The molecule has 0 radical (unpaired) electrons. The number of rotatable bonds is 4. The van der Waals surface area contributed by atoms with Crippen LogP contribution in [0.5, 0.6) is 0 Å². The highest BCUT2D eigenvalue weighted by molar-refractivity contribution is 5.95. The third-order valence-electron chi connectivity index (χ3n) is 3.15. The van der Waals surface area contributed by atoms with Gasteiger partial charge < -0.3 is 5.32 Å². The molecule has 5 heteroatoms. The summed E-state index contributed by atoms with van der Waals surface area (Å²) in [4.78, 5) is 16.0. The Morgan fingerprint density at radius 3 is 2.32 bits per heavy atom. The van der Waals surface area contributed by atoms with Gasteiger partial charge in [-0.25, -0.2) is 8.78 Å². The van der Waals surface area contributed by atoms with Crippen molar-refractivity contribution in [3.05, 3.63) is 53.9 Å². The van der Waals surface area contributed by atoms with Crippen LogP contribution in [0.15, 0.2) is 42.7 Å². The van der Waals surface area contributed by atoms with Gasteiger partial charge in [0.15, 0.2) is 0 Å². The van der Waals surface area contributed by atoms with Crippen molar-refractivity contribution in [2.45, 2.75) is 32.7 Å². The third-order valence-corrected chi connectivity index (χ3v) is 3.15. The van der Waals surface area contributed by atoms with Gasteiger partial charge in [-0.05, 0) is 25.5 Å². The van der Waals surface area contributed by atoms with E-state index < -0.39 is 5.92 Å². The molecule has 0 fully saturated rings. The summed E-state index contributed by atoms with van der Waals surface area (Å²) >= 11 is 0. The van der Waals surface area contributed by atoms with Gasteiger partial charge in [-0.1, -0.05) is 24.3 Å². The first-order chi connectivity index (χ1) is 10.3. The monoisotopic (exact) mass is 304 g/mol. The molecule has 22 heavy (non-hydrogen) atoms. The highest BCUT2D eigenvalue weighted by Crippen LogP contribution is 2.29. The zero-order chi connectivity index (χ0) is 16.3. The zero-order valence-electron chi connectivity index (χ0n) is 12.7. The largest absolute Gasteiger partial charge is 0.350 e. The summed E-state index contributed by atoms with van der Waals surface area (Å²) in [5, 5.41) is 2.79. The first-order valence-corrected chi connectivity index (χ1v) is 7.02. The maximum Gasteiger partial charge on any atom is 0.270 e. The topological polar surface area (TPSA) is 42.0 Å². The Bertz CT molecular complexity index is 661. The molecule has 1 aromatic heterocycles. The predicted octanol–water partition coefficient (Wildman–Crippen LogP) is 4.00. The molecule has 0 spiro atoms. The van der Waals surface area contributed by atoms with Gasteiger partial charge >= 0.3 is 0 Å². The van der Waals surface area contributed by atoms with Crippen LogP contribution in [0.1, 0.15) is 36.7 Å². The van der Waals surface area contributed by atoms with Crippen molar-refractivity contribution >= 4 is 5.91 Å². The van der Waals surface area contributed by atoms with Gasteiger partial charge in [0.05, 0.1) is 5.56 Å². The number of aromatic nitrogens is 1. The van der Waals surface area contributed by atoms with Crippen LogP contribution in [0.25, 0.3) is 11.1 Å². The molecule has 0 unspecified atom stereocenters. The van der Waals surface area contributed by atoms with Gasteiger partial charge in [0.1, 0.15) is 0 Å². The van der Waals surface area contributed by atoms with Crippen LogP contribution in [0.4, 0.5) is 8.78 Å². The third kappa shape index (κ3) is 3.87. The van der Waals surface area contributed by atoms with Crippen LogP contribution in [-0.2, 0) is 5.92 Å². The summed E-state index contributed by atoms with van der Waals surface area (Å²) in [5.41, 5.74) is 1.84. The second-order valence-corrected chi connectivity index (χ2v) is 5.56. The molecule has 0 aliphatic carbocycles. The highest BCUT2D eigenvalue weighted by atomic mass is 19.3. The number of alkyl halides is 2. The molecule has 0 saturated carbocycles. The molecule has 2 aromatic rings. The zero-order valence-corrected chi connectivity index (χ0v) is 12.7. The number of carbonyl (C=O) groups excluding carboxylic acids is 1. The van der Waals surface area contributed by atoms with Crippen LogP contribution < -0.4 is 5.32 Å². The van der Waals surface area contributed by atoms with E-state index in [1.54, 1.807) is 24.4 Å². The maximum atomic E-state index is 13.2. The normalized spacial score (nSPS) is 11.5. The van der Waals surface area contributed by atoms with E-state index >= 15 is 0 Å². The minimum Gasteiger partial charge on any atom is -0.350 e. The number of benzene rings is 1. The van der Waals surface area contributed by atoms with Crippen LogP contribution >= 0.6 is 0 Å². The molecule has 0 aliphatic rings. The first kappa shape index (κ1) is 16.1. The van der Waals surface area contributed by atoms with E-state index in [2.05, 4.69) is 10.3 Å². The van der Waals surface area contributed by atoms with Crippen LogP contribution in [0.3, 0.4) is 0 Å². The number of hydrogen-bond acceptors (Lipinski definition) is 2. The first-order valence-electron chi connectivity index (χ1n) is 7.02. The maximum absolute atomic E-state index is 13.2. The fraction of sp³-hybridized carbons (Fsp3) is 0.294. The molecule has 0 bridgehead atoms. The lowest BCUT2D eigenvalue weighted by molar-refractivity contribution is 0.0175. The fourth-order valence-corrected chi connectivity index (χ4v) is 2.02. The van der Waals surface area contributed by atoms with Gasteiger partial charge in [-0.3, -0.25) is 9.78 Å². The van der Waals surface area contributed by atoms with Crippen molar-refractivity contribution in [3.8, 4) is 11.1 Å². The Kier molecular flexibility index (Phi) is 4.54. The van der Waals surface area contributed by atoms with Crippen molar-refractivity contribution in [1.29, 1.82) is 0 Å². The standard InChI is InChI=1S/C17H18F2N2O/c1-11(2)21-16(22)14-8-13(9-20-10-14)12-4-6-15(7-5-12)17(3,18)19/h4-11H,1-3H3,(H,21,22). The molecule has 3 nitrogen and oxygen atoms in total. The number of hydrogen-bond donors (Lipinski definition) is 1. The Balaban J connectivity index is 2.28. The lowest BCUT2D eigenvalue weighted by atomic mass is 10.0.